The quantitative estimate of drug-likeness (QED) is 0.530. The van der Waals surface area contributed by atoms with Gasteiger partial charge in [-0.2, -0.15) is 0 Å². The molecule has 0 amide bonds. The second kappa shape index (κ2) is 8.91. The van der Waals surface area contributed by atoms with Crippen LogP contribution in [0.1, 0.15) is 24.8 Å². The number of nitrogens with one attached hydrogen (secondary N) is 1. The van der Waals surface area contributed by atoms with E-state index in [0.717, 1.165) is 25.2 Å². The molecule has 2 unspecified atom stereocenters. The van der Waals surface area contributed by atoms with Crippen LogP contribution in [0.5, 0.6) is 0 Å². The van der Waals surface area contributed by atoms with Crippen molar-refractivity contribution in [2.24, 2.45) is 0 Å². The van der Waals surface area contributed by atoms with Gasteiger partial charge < -0.3 is 20.5 Å². The summed E-state index contributed by atoms with van der Waals surface area (Å²) in [5.74, 6) is 0.525. The largest absolute Gasteiger partial charge is 0.399 e. The zero-order valence-electron chi connectivity index (χ0n) is 12.2. The van der Waals surface area contributed by atoms with Gasteiger partial charge in [0, 0.05) is 26.5 Å². The van der Waals surface area contributed by atoms with Gasteiger partial charge >= 0.3 is 0 Å². The normalized spacial score (nSPS) is 14.3. The number of rotatable bonds is 9. The summed E-state index contributed by atoms with van der Waals surface area (Å²) in [4.78, 5) is 0. The van der Waals surface area contributed by atoms with Crippen LogP contribution < -0.4 is 11.1 Å². The number of methoxy groups -OCH3 is 2. The first-order valence-electron chi connectivity index (χ1n) is 6.75. The molecule has 0 aliphatic rings. The van der Waals surface area contributed by atoms with Crippen LogP contribution in [0.2, 0.25) is 0 Å². The summed E-state index contributed by atoms with van der Waals surface area (Å²) in [6.45, 7) is 4.64. The maximum atomic E-state index is 5.69. The monoisotopic (exact) mass is 266 g/mol. The second-order valence-corrected chi connectivity index (χ2v) is 4.87. The standard InChI is InChI=1S/C15H26N2O2/c1-12(13-4-6-14(16)7-5-13)8-9-17-10-15(19-3)11-18-2/h4-7,12,15,17H,8-11,16H2,1-3H3. The van der Waals surface area contributed by atoms with Crippen LogP contribution in [0.4, 0.5) is 5.69 Å². The third-order valence-electron chi connectivity index (χ3n) is 3.32. The Morgan fingerprint density at radius 2 is 1.89 bits per heavy atom. The highest BCUT2D eigenvalue weighted by atomic mass is 16.5. The minimum absolute atomic E-state index is 0.122. The first-order chi connectivity index (χ1) is 9.17. The average Bonchev–Trinajstić information content (AvgIpc) is 2.42. The second-order valence-electron chi connectivity index (χ2n) is 4.87. The Bertz CT molecular complexity index is 341. The van der Waals surface area contributed by atoms with Crippen LogP contribution in [0, 0.1) is 0 Å². The molecule has 0 radical (unpaired) electrons. The van der Waals surface area contributed by atoms with E-state index in [1.54, 1.807) is 14.2 Å². The zero-order chi connectivity index (χ0) is 14.1. The molecule has 0 saturated carbocycles. The van der Waals surface area contributed by atoms with Crippen molar-refractivity contribution in [3.63, 3.8) is 0 Å². The maximum Gasteiger partial charge on any atom is 0.0928 e. The smallest absolute Gasteiger partial charge is 0.0928 e. The van der Waals surface area contributed by atoms with E-state index in [1.165, 1.54) is 5.56 Å². The van der Waals surface area contributed by atoms with Crippen LogP contribution in [-0.2, 0) is 9.47 Å². The molecule has 0 spiro atoms. The lowest BCUT2D eigenvalue weighted by Gasteiger charge is -2.16. The van der Waals surface area contributed by atoms with Gasteiger partial charge in [-0.3, -0.25) is 0 Å². The SMILES string of the molecule is COCC(CNCCC(C)c1ccc(N)cc1)OC. The van der Waals surface area contributed by atoms with E-state index in [9.17, 15) is 0 Å². The molecule has 0 saturated heterocycles. The van der Waals surface area contributed by atoms with E-state index in [1.807, 2.05) is 12.1 Å². The molecule has 0 aromatic heterocycles. The maximum absolute atomic E-state index is 5.69. The van der Waals surface area contributed by atoms with E-state index in [0.29, 0.717) is 12.5 Å². The van der Waals surface area contributed by atoms with Gasteiger partial charge in [0.15, 0.2) is 0 Å². The summed E-state index contributed by atoms with van der Waals surface area (Å²) >= 11 is 0. The Balaban J connectivity index is 2.23. The summed E-state index contributed by atoms with van der Waals surface area (Å²) in [6, 6.07) is 8.11. The third kappa shape index (κ3) is 6.05. The molecule has 19 heavy (non-hydrogen) atoms. The van der Waals surface area contributed by atoms with E-state index in [4.69, 9.17) is 15.2 Å². The van der Waals surface area contributed by atoms with Crippen LogP contribution in [0.25, 0.3) is 0 Å². The van der Waals surface area contributed by atoms with Crippen LogP contribution >= 0.6 is 0 Å². The van der Waals surface area contributed by atoms with Crippen molar-refractivity contribution in [2.75, 3.05) is 39.6 Å². The van der Waals surface area contributed by atoms with Crippen molar-refractivity contribution >= 4 is 5.69 Å². The fraction of sp³-hybridized carbons (Fsp3) is 0.600. The first kappa shape index (κ1) is 16.0. The van der Waals surface area contributed by atoms with E-state index in [-0.39, 0.29) is 6.10 Å². The Kier molecular flexibility index (Phi) is 7.48. The molecule has 0 fully saturated rings. The minimum atomic E-state index is 0.122. The Labute approximate surface area is 116 Å². The highest BCUT2D eigenvalue weighted by molar-refractivity contribution is 5.40. The number of hydrogen-bond acceptors (Lipinski definition) is 4. The molecular formula is C15H26N2O2. The molecule has 4 heteroatoms. The van der Waals surface area contributed by atoms with Gasteiger partial charge in [-0.25, -0.2) is 0 Å². The van der Waals surface area contributed by atoms with Crippen molar-refractivity contribution in [1.82, 2.24) is 5.32 Å². The predicted octanol–water partition coefficient (Wildman–Crippen LogP) is 2.01. The Morgan fingerprint density at radius 3 is 2.47 bits per heavy atom. The van der Waals surface area contributed by atoms with E-state index >= 15 is 0 Å². The number of benzene rings is 1. The third-order valence-corrected chi connectivity index (χ3v) is 3.32. The highest BCUT2D eigenvalue weighted by Crippen LogP contribution is 2.19. The Hall–Kier alpha value is -1.10. The lowest BCUT2D eigenvalue weighted by molar-refractivity contribution is 0.0290. The van der Waals surface area contributed by atoms with Crippen molar-refractivity contribution in [3.8, 4) is 0 Å². The number of nitrogen functional groups attached to an aromatic ring is 1. The molecule has 2 atom stereocenters. The topological polar surface area (TPSA) is 56.5 Å². The zero-order valence-corrected chi connectivity index (χ0v) is 12.2. The van der Waals surface area contributed by atoms with E-state index in [2.05, 4.69) is 24.4 Å². The molecule has 0 heterocycles. The lowest BCUT2D eigenvalue weighted by Crippen LogP contribution is -2.32. The molecule has 3 N–H and O–H groups in total. The van der Waals surface area contributed by atoms with Crippen LogP contribution in [0.15, 0.2) is 24.3 Å². The number of ether oxygens (including phenoxy) is 2. The van der Waals surface area contributed by atoms with Gasteiger partial charge in [0.25, 0.3) is 0 Å². The van der Waals surface area contributed by atoms with Gasteiger partial charge in [-0.1, -0.05) is 19.1 Å². The number of hydrogen-bond donors (Lipinski definition) is 2. The summed E-state index contributed by atoms with van der Waals surface area (Å²) in [6.07, 6.45) is 1.21. The van der Waals surface area contributed by atoms with Crippen LogP contribution in [-0.4, -0.2) is 40.0 Å². The lowest BCUT2D eigenvalue weighted by atomic mass is 9.97. The van der Waals surface area contributed by atoms with Crippen LogP contribution in [0.3, 0.4) is 0 Å². The number of anilines is 1. The fourth-order valence-corrected chi connectivity index (χ4v) is 1.97. The summed E-state index contributed by atoms with van der Waals surface area (Å²) in [5, 5.41) is 3.40. The summed E-state index contributed by atoms with van der Waals surface area (Å²) in [7, 11) is 3.40. The summed E-state index contributed by atoms with van der Waals surface area (Å²) in [5.41, 5.74) is 7.83. The average molecular weight is 266 g/mol. The van der Waals surface area contributed by atoms with Crippen molar-refractivity contribution < 1.29 is 9.47 Å². The molecule has 0 bridgehead atoms. The molecule has 1 aromatic rings. The van der Waals surface area contributed by atoms with Crippen molar-refractivity contribution in [3.05, 3.63) is 29.8 Å². The molecular weight excluding hydrogens is 240 g/mol. The molecule has 0 aliphatic carbocycles. The van der Waals surface area contributed by atoms with Crippen molar-refractivity contribution in [2.45, 2.75) is 25.4 Å². The fourth-order valence-electron chi connectivity index (χ4n) is 1.97. The first-order valence-corrected chi connectivity index (χ1v) is 6.75. The molecule has 4 nitrogen and oxygen atoms in total. The molecule has 0 aliphatic heterocycles. The summed E-state index contributed by atoms with van der Waals surface area (Å²) < 4.78 is 10.4. The molecule has 108 valence electrons. The number of nitrogens with two attached hydrogens (primary N) is 1. The molecule has 1 rings (SSSR count). The van der Waals surface area contributed by atoms with Gasteiger partial charge in [0.2, 0.25) is 0 Å². The highest BCUT2D eigenvalue weighted by Gasteiger charge is 2.08. The predicted molar refractivity (Wildman–Crippen MR) is 79.4 cm³/mol. The Morgan fingerprint density at radius 1 is 1.21 bits per heavy atom. The van der Waals surface area contributed by atoms with Gasteiger partial charge in [0.05, 0.1) is 12.7 Å². The van der Waals surface area contributed by atoms with Crippen molar-refractivity contribution in [1.29, 1.82) is 0 Å². The minimum Gasteiger partial charge on any atom is -0.399 e. The van der Waals surface area contributed by atoms with Gasteiger partial charge in [-0.05, 0) is 36.6 Å². The van der Waals surface area contributed by atoms with Gasteiger partial charge in [0.1, 0.15) is 0 Å². The molecule has 1 aromatic carbocycles. The van der Waals surface area contributed by atoms with Gasteiger partial charge in [-0.15, -0.1) is 0 Å². The van der Waals surface area contributed by atoms with E-state index < -0.39 is 0 Å².